The van der Waals surface area contributed by atoms with Crippen LogP contribution in [-0.2, 0) is 11.3 Å². The van der Waals surface area contributed by atoms with Crippen molar-refractivity contribution in [2.75, 3.05) is 31.2 Å². The normalized spacial score (nSPS) is 14.5. The Morgan fingerprint density at radius 2 is 1.84 bits per heavy atom. The van der Waals surface area contributed by atoms with E-state index in [-0.39, 0.29) is 0 Å². The lowest BCUT2D eigenvalue weighted by Gasteiger charge is -2.27. The van der Waals surface area contributed by atoms with Crippen LogP contribution in [0.2, 0.25) is 0 Å². The molecule has 4 heterocycles. The van der Waals surface area contributed by atoms with E-state index in [4.69, 9.17) is 19.7 Å². The zero-order chi connectivity index (χ0) is 20.6. The molecular formula is C24H22N6O. The zero-order valence-corrected chi connectivity index (χ0v) is 17.0. The molecule has 0 amide bonds. The summed E-state index contributed by atoms with van der Waals surface area (Å²) in [4.78, 5) is 20.1. The molecule has 7 nitrogen and oxygen atoms in total. The summed E-state index contributed by atoms with van der Waals surface area (Å²) in [6.07, 6.45) is 3.82. The molecule has 2 aromatic carbocycles. The standard InChI is InChI=1S/C24H22N6O/c1-2-4-17(5-3-1)15-30-16-26-22-21(19-7-6-18-8-9-25-20(18)14-19)27-24(28-23(22)30)29-10-12-31-13-11-29/h1-9,14,16,25H,10-13,15H2. The molecule has 6 rings (SSSR count). The molecule has 0 spiro atoms. The van der Waals surface area contributed by atoms with Gasteiger partial charge in [0.1, 0.15) is 11.2 Å². The van der Waals surface area contributed by atoms with Gasteiger partial charge >= 0.3 is 0 Å². The number of fused-ring (bicyclic) bond motifs is 2. The molecule has 5 aromatic rings. The molecule has 0 radical (unpaired) electrons. The number of H-pyrrole nitrogens is 1. The fraction of sp³-hybridized carbons (Fsp3) is 0.208. The van der Waals surface area contributed by atoms with Gasteiger partial charge in [-0.1, -0.05) is 42.5 Å². The summed E-state index contributed by atoms with van der Waals surface area (Å²) in [5, 5.41) is 1.18. The second kappa shape index (κ2) is 7.52. The molecule has 7 heteroatoms. The van der Waals surface area contributed by atoms with E-state index >= 15 is 0 Å². The van der Waals surface area contributed by atoms with Crippen molar-refractivity contribution in [1.82, 2.24) is 24.5 Å². The third-order valence-corrected chi connectivity index (χ3v) is 5.77. The van der Waals surface area contributed by atoms with Crippen molar-refractivity contribution in [2.24, 2.45) is 0 Å². The lowest BCUT2D eigenvalue weighted by molar-refractivity contribution is 0.122. The van der Waals surface area contributed by atoms with Crippen LogP contribution >= 0.6 is 0 Å². The van der Waals surface area contributed by atoms with Gasteiger partial charge in [-0.3, -0.25) is 0 Å². The summed E-state index contributed by atoms with van der Waals surface area (Å²) in [7, 11) is 0. The number of hydrogen-bond donors (Lipinski definition) is 1. The molecule has 31 heavy (non-hydrogen) atoms. The zero-order valence-electron chi connectivity index (χ0n) is 17.0. The SMILES string of the molecule is c1ccc(Cn2cnc3c(-c4ccc5cc[nH]c5c4)nc(N4CCOCC4)nc32)cc1. The highest BCUT2D eigenvalue weighted by atomic mass is 16.5. The van der Waals surface area contributed by atoms with Crippen molar-refractivity contribution in [3.63, 3.8) is 0 Å². The molecule has 0 aliphatic carbocycles. The average Bonchev–Trinajstić information content (AvgIpc) is 3.46. The van der Waals surface area contributed by atoms with E-state index in [1.54, 1.807) is 0 Å². The van der Waals surface area contributed by atoms with E-state index < -0.39 is 0 Å². The van der Waals surface area contributed by atoms with Crippen LogP contribution in [0.1, 0.15) is 5.56 Å². The number of aromatic nitrogens is 5. The predicted octanol–water partition coefficient (Wildman–Crippen LogP) is 3.86. The molecule has 154 valence electrons. The number of anilines is 1. The van der Waals surface area contributed by atoms with Gasteiger partial charge in [-0.2, -0.15) is 4.98 Å². The summed E-state index contributed by atoms with van der Waals surface area (Å²) in [6, 6.07) is 18.8. The number of imidazole rings is 1. The van der Waals surface area contributed by atoms with E-state index in [0.29, 0.717) is 19.8 Å². The molecule has 1 saturated heterocycles. The molecule has 0 bridgehead atoms. The minimum atomic E-state index is 0.689. The van der Waals surface area contributed by atoms with Gasteiger partial charge in [0.15, 0.2) is 5.65 Å². The van der Waals surface area contributed by atoms with Gasteiger partial charge in [0, 0.05) is 30.4 Å². The van der Waals surface area contributed by atoms with Crippen molar-refractivity contribution in [3.05, 3.63) is 72.7 Å². The van der Waals surface area contributed by atoms with Gasteiger partial charge in [0.05, 0.1) is 26.1 Å². The van der Waals surface area contributed by atoms with Gasteiger partial charge in [-0.15, -0.1) is 0 Å². The van der Waals surface area contributed by atoms with E-state index in [1.807, 2.05) is 18.6 Å². The van der Waals surface area contributed by atoms with Crippen LogP contribution < -0.4 is 4.90 Å². The molecule has 3 aromatic heterocycles. The Morgan fingerprint density at radius 1 is 0.968 bits per heavy atom. The molecule has 1 aliphatic heterocycles. The predicted molar refractivity (Wildman–Crippen MR) is 121 cm³/mol. The molecule has 1 fully saturated rings. The van der Waals surface area contributed by atoms with E-state index in [9.17, 15) is 0 Å². The number of hydrogen-bond acceptors (Lipinski definition) is 5. The quantitative estimate of drug-likeness (QED) is 0.487. The highest BCUT2D eigenvalue weighted by molar-refractivity contribution is 5.92. The number of nitrogens with one attached hydrogen (secondary N) is 1. The lowest BCUT2D eigenvalue weighted by Crippen LogP contribution is -2.37. The second-order valence-corrected chi connectivity index (χ2v) is 7.78. The van der Waals surface area contributed by atoms with Crippen molar-refractivity contribution in [3.8, 4) is 11.3 Å². The first-order chi connectivity index (χ1) is 15.3. The smallest absolute Gasteiger partial charge is 0.228 e. The van der Waals surface area contributed by atoms with Gasteiger partial charge in [-0.25, -0.2) is 9.97 Å². The van der Waals surface area contributed by atoms with Crippen molar-refractivity contribution in [1.29, 1.82) is 0 Å². The average molecular weight is 410 g/mol. The van der Waals surface area contributed by atoms with Crippen LogP contribution in [0.4, 0.5) is 5.95 Å². The van der Waals surface area contributed by atoms with E-state index in [1.165, 1.54) is 10.9 Å². The van der Waals surface area contributed by atoms with Crippen molar-refractivity contribution < 1.29 is 4.74 Å². The number of ether oxygens (including phenoxy) is 1. The Hall–Kier alpha value is -3.71. The van der Waals surface area contributed by atoms with Gasteiger partial charge < -0.3 is 19.2 Å². The fourth-order valence-corrected chi connectivity index (χ4v) is 4.13. The first-order valence-electron chi connectivity index (χ1n) is 10.5. The number of aromatic amines is 1. The highest BCUT2D eigenvalue weighted by Crippen LogP contribution is 2.30. The third-order valence-electron chi connectivity index (χ3n) is 5.77. The van der Waals surface area contributed by atoms with Gasteiger partial charge in [-0.05, 0) is 23.1 Å². The van der Waals surface area contributed by atoms with Gasteiger partial charge in [0.2, 0.25) is 5.95 Å². The molecule has 0 unspecified atom stereocenters. The van der Waals surface area contributed by atoms with Gasteiger partial charge in [0.25, 0.3) is 0 Å². The second-order valence-electron chi connectivity index (χ2n) is 7.78. The molecular weight excluding hydrogens is 388 g/mol. The van der Waals surface area contributed by atoms with Crippen LogP contribution in [0.3, 0.4) is 0 Å². The maximum atomic E-state index is 5.53. The van der Waals surface area contributed by atoms with Crippen LogP contribution in [0.5, 0.6) is 0 Å². The number of morpholine rings is 1. The fourth-order valence-electron chi connectivity index (χ4n) is 4.13. The molecule has 1 aliphatic rings. The van der Waals surface area contributed by atoms with Crippen LogP contribution in [-0.4, -0.2) is 50.8 Å². The summed E-state index contributed by atoms with van der Waals surface area (Å²) < 4.78 is 7.64. The van der Waals surface area contributed by atoms with Crippen molar-refractivity contribution >= 4 is 28.0 Å². The highest BCUT2D eigenvalue weighted by Gasteiger charge is 2.20. The summed E-state index contributed by atoms with van der Waals surface area (Å²) >= 11 is 0. The van der Waals surface area contributed by atoms with Crippen molar-refractivity contribution in [2.45, 2.75) is 6.54 Å². The van der Waals surface area contributed by atoms with Crippen LogP contribution in [0.25, 0.3) is 33.3 Å². The van der Waals surface area contributed by atoms with Crippen LogP contribution in [0.15, 0.2) is 67.1 Å². The third kappa shape index (κ3) is 3.33. The first kappa shape index (κ1) is 18.1. The minimum absolute atomic E-state index is 0.689. The van der Waals surface area contributed by atoms with Crippen LogP contribution in [0, 0.1) is 0 Å². The summed E-state index contributed by atoms with van der Waals surface area (Å²) in [5.74, 6) is 0.729. The Labute approximate surface area is 179 Å². The molecule has 1 N–H and O–H groups in total. The number of benzene rings is 2. The summed E-state index contributed by atoms with van der Waals surface area (Å²) in [5.41, 5.74) is 5.85. The number of rotatable bonds is 4. The first-order valence-corrected chi connectivity index (χ1v) is 10.5. The lowest BCUT2D eigenvalue weighted by atomic mass is 10.1. The summed E-state index contributed by atoms with van der Waals surface area (Å²) in [6.45, 7) is 3.66. The molecule has 0 saturated carbocycles. The monoisotopic (exact) mass is 410 g/mol. The minimum Gasteiger partial charge on any atom is -0.378 e. The molecule has 0 atom stereocenters. The Morgan fingerprint density at radius 3 is 2.71 bits per heavy atom. The Balaban J connectivity index is 1.52. The van der Waals surface area contributed by atoms with E-state index in [0.717, 1.165) is 47.0 Å². The maximum absolute atomic E-state index is 5.53. The Kier molecular flexibility index (Phi) is 4.39. The number of nitrogens with zero attached hydrogens (tertiary/aromatic N) is 5. The topological polar surface area (TPSA) is 71.9 Å². The maximum Gasteiger partial charge on any atom is 0.228 e. The van der Waals surface area contributed by atoms with E-state index in [2.05, 4.69) is 63.0 Å². The largest absolute Gasteiger partial charge is 0.378 e. The Bertz CT molecular complexity index is 1350.